The first-order chi connectivity index (χ1) is 12.4. The van der Waals surface area contributed by atoms with Gasteiger partial charge < -0.3 is 10.6 Å². The largest absolute Gasteiger partial charge is 0.416 e. The summed E-state index contributed by atoms with van der Waals surface area (Å²) in [6.45, 7) is 2.22. The number of halogens is 3. The molecule has 0 spiro atoms. The number of alkyl halides is 3. The van der Waals surface area contributed by atoms with E-state index in [2.05, 4.69) is 20.5 Å². The van der Waals surface area contributed by atoms with E-state index in [0.29, 0.717) is 18.1 Å². The molecule has 2 aromatic rings. The number of benzene rings is 1. The van der Waals surface area contributed by atoms with Crippen LogP contribution in [0.15, 0.2) is 42.6 Å². The Morgan fingerprint density at radius 3 is 2.54 bits per heavy atom. The molecule has 0 bridgehead atoms. The molecule has 2 heterocycles. The van der Waals surface area contributed by atoms with Gasteiger partial charge in [0.15, 0.2) is 0 Å². The summed E-state index contributed by atoms with van der Waals surface area (Å²) in [4.78, 5) is 18.2. The zero-order chi connectivity index (χ0) is 18.6. The van der Waals surface area contributed by atoms with Crippen molar-refractivity contribution < 1.29 is 18.0 Å². The predicted molar refractivity (Wildman–Crippen MR) is 93.3 cm³/mol. The third-order valence-electron chi connectivity index (χ3n) is 4.08. The number of anilines is 3. The Balaban J connectivity index is 1.58. The Kier molecular flexibility index (Phi) is 5.41. The van der Waals surface area contributed by atoms with Crippen LogP contribution in [0.1, 0.15) is 18.4 Å². The normalized spacial score (nSPS) is 15.0. The van der Waals surface area contributed by atoms with Gasteiger partial charge in [0.1, 0.15) is 5.82 Å². The van der Waals surface area contributed by atoms with Gasteiger partial charge in [-0.2, -0.15) is 13.2 Å². The van der Waals surface area contributed by atoms with Crippen molar-refractivity contribution in [2.24, 2.45) is 0 Å². The molecule has 0 radical (unpaired) electrons. The molecule has 138 valence electrons. The lowest BCUT2D eigenvalue weighted by Crippen LogP contribution is -2.30. The highest BCUT2D eigenvalue weighted by atomic mass is 19.4. The molecule has 1 fully saturated rings. The highest BCUT2D eigenvalue weighted by Gasteiger charge is 2.30. The summed E-state index contributed by atoms with van der Waals surface area (Å²) in [5.74, 6) is 0.286. The quantitative estimate of drug-likeness (QED) is 0.845. The Hall–Kier alpha value is -2.61. The summed E-state index contributed by atoms with van der Waals surface area (Å²) < 4.78 is 38.2. The minimum Gasteiger partial charge on any atom is -0.340 e. The maximum absolute atomic E-state index is 12.7. The maximum Gasteiger partial charge on any atom is 0.416 e. The van der Waals surface area contributed by atoms with Crippen LogP contribution < -0.4 is 10.6 Å². The van der Waals surface area contributed by atoms with Crippen LogP contribution in [0.5, 0.6) is 0 Å². The fourth-order valence-electron chi connectivity index (χ4n) is 2.81. The number of rotatable bonds is 5. The third-order valence-corrected chi connectivity index (χ3v) is 4.08. The fourth-order valence-corrected chi connectivity index (χ4v) is 2.81. The lowest BCUT2D eigenvalue weighted by molar-refractivity contribution is -0.137. The first kappa shape index (κ1) is 18.2. The number of pyridine rings is 1. The van der Waals surface area contributed by atoms with Gasteiger partial charge in [-0.15, -0.1) is 0 Å². The molecule has 0 saturated carbocycles. The van der Waals surface area contributed by atoms with Crippen LogP contribution in [0.3, 0.4) is 0 Å². The Morgan fingerprint density at radius 2 is 1.88 bits per heavy atom. The van der Waals surface area contributed by atoms with Crippen LogP contribution >= 0.6 is 0 Å². The molecule has 26 heavy (non-hydrogen) atoms. The predicted octanol–water partition coefficient (Wildman–Crippen LogP) is 3.88. The second kappa shape index (κ2) is 7.74. The number of hydrogen-bond donors (Lipinski definition) is 2. The van der Waals surface area contributed by atoms with Crippen molar-refractivity contribution >= 4 is 23.1 Å². The lowest BCUT2D eigenvalue weighted by atomic mass is 10.2. The van der Waals surface area contributed by atoms with E-state index in [0.717, 1.165) is 38.1 Å². The number of carbonyl (C=O) groups excluding carboxylic acids is 1. The smallest absolute Gasteiger partial charge is 0.340 e. The van der Waals surface area contributed by atoms with Gasteiger partial charge in [0.2, 0.25) is 5.91 Å². The number of amides is 1. The molecule has 0 atom stereocenters. The molecule has 0 aliphatic carbocycles. The highest BCUT2D eigenvalue weighted by Crippen LogP contribution is 2.31. The van der Waals surface area contributed by atoms with Crippen molar-refractivity contribution in [3.63, 3.8) is 0 Å². The summed E-state index contributed by atoms with van der Waals surface area (Å²) in [6, 6.07) is 8.16. The molecule has 5 nitrogen and oxygen atoms in total. The van der Waals surface area contributed by atoms with E-state index < -0.39 is 11.7 Å². The second-order valence-electron chi connectivity index (χ2n) is 6.17. The first-order valence-corrected chi connectivity index (χ1v) is 8.33. The van der Waals surface area contributed by atoms with Gasteiger partial charge >= 0.3 is 6.18 Å². The molecule has 1 aromatic heterocycles. The molecule has 1 aromatic carbocycles. The van der Waals surface area contributed by atoms with E-state index in [4.69, 9.17) is 0 Å². The molecule has 1 amide bonds. The van der Waals surface area contributed by atoms with Crippen LogP contribution in [0, 0.1) is 0 Å². The van der Waals surface area contributed by atoms with Crippen LogP contribution in [0.4, 0.5) is 30.4 Å². The molecule has 1 aliphatic rings. The van der Waals surface area contributed by atoms with Gasteiger partial charge in [-0.3, -0.25) is 9.69 Å². The lowest BCUT2D eigenvalue weighted by Gasteiger charge is -2.14. The molecular formula is C18H19F3N4O. The first-order valence-electron chi connectivity index (χ1n) is 8.33. The van der Waals surface area contributed by atoms with Gasteiger partial charge in [0, 0.05) is 5.69 Å². The maximum atomic E-state index is 12.7. The monoisotopic (exact) mass is 364 g/mol. The van der Waals surface area contributed by atoms with Crippen molar-refractivity contribution in [3.8, 4) is 0 Å². The standard InChI is InChI=1S/C18H19F3N4O/c19-18(20,21)13-4-3-5-14(10-13)23-16-7-6-15(11-22-16)24-17(26)12-25-8-1-2-9-25/h3-7,10-11H,1-2,8-9,12H2,(H,22,23)(H,24,26). The fraction of sp³-hybridized carbons (Fsp3) is 0.333. The van der Waals surface area contributed by atoms with Crippen molar-refractivity contribution in [2.45, 2.75) is 19.0 Å². The van der Waals surface area contributed by atoms with Gasteiger partial charge in [-0.05, 0) is 56.3 Å². The summed E-state index contributed by atoms with van der Waals surface area (Å²) in [7, 11) is 0. The number of hydrogen-bond acceptors (Lipinski definition) is 4. The van der Waals surface area contributed by atoms with Crippen LogP contribution in [0.25, 0.3) is 0 Å². The molecular weight excluding hydrogens is 345 g/mol. The Morgan fingerprint density at radius 1 is 1.12 bits per heavy atom. The average molecular weight is 364 g/mol. The van der Waals surface area contributed by atoms with Gasteiger partial charge in [-0.1, -0.05) is 6.07 Å². The van der Waals surface area contributed by atoms with E-state index >= 15 is 0 Å². The highest BCUT2D eigenvalue weighted by molar-refractivity contribution is 5.92. The van der Waals surface area contributed by atoms with Crippen molar-refractivity contribution in [3.05, 3.63) is 48.2 Å². The Bertz CT molecular complexity index is 756. The second-order valence-corrected chi connectivity index (χ2v) is 6.17. The molecule has 1 saturated heterocycles. The molecule has 1 aliphatic heterocycles. The molecule has 0 unspecified atom stereocenters. The zero-order valence-corrected chi connectivity index (χ0v) is 14.0. The summed E-state index contributed by atoms with van der Waals surface area (Å²) in [5.41, 5.74) is 0.107. The topological polar surface area (TPSA) is 57.3 Å². The van der Waals surface area contributed by atoms with Gasteiger partial charge in [0.25, 0.3) is 0 Å². The molecule has 3 rings (SSSR count). The SMILES string of the molecule is O=C(CN1CCCC1)Nc1ccc(Nc2cccc(C(F)(F)F)c2)nc1. The van der Waals surface area contributed by atoms with E-state index in [1.807, 2.05) is 0 Å². The van der Waals surface area contributed by atoms with Gasteiger partial charge in [-0.25, -0.2) is 4.98 Å². The minimum absolute atomic E-state index is 0.104. The van der Waals surface area contributed by atoms with Crippen molar-refractivity contribution in [1.29, 1.82) is 0 Å². The summed E-state index contributed by atoms with van der Waals surface area (Å²) in [5, 5.41) is 5.59. The molecule has 2 N–H and O–H groups in total. The zero-order valence-electron chi connectivity index (χ0n) is 14.0. The molecule has 8 heteroatoms. The van der Waals surface area contributed by atoms with E-state index in [1.54, 1.807) is 12.1 Å². The van der Waals surface area contributed by atoms with Gasteiger partial charge in [0.05, 0.1) is 24.0 Å². The number of carbonyl (C=O) groups is 1. The van der Waals surface area contributed by atoms with Crippen LogP contribution in [0.2, 0.25) is 0 Å². The van der Waals surface area contributed by atoms with Crippen molar-refractivity contribution in [1.82, 2.24) is 9.88 Å². The number of nitrogens with zero attached hydrogens (tertiary/aromatic N) is 2. The van der Waals surface area contributed by atoms with E-state index in [9.17, 15) is 18.0 Å². The van der Waals surface area contributed by atoms with Crippen LogP contribution in [-0.4, -0.2) is 35.4 Å². The summed E-state index contributed by atoms with van der Waals surface area (Å²) in [6.07, 6.45) is -0.693. The summed E-state index contributed by atoms with van der Waals surface area (Å²) >= 11 is 0. The minimum atomic E-state index is -4.39. The average Bonchev–Trinajstić information content (AvgIpc) is 3.09. The van der Waals surface area contributed by atoms with Crippen molar-refractivity contribution in [2.75, 3.05) is 30.3 Å². The van der Waals surface area contributed by atoms with E-state index in [-0.39, 0.29) is 11.6 Å². The number of likely N-dealkylation sites (tertiary alicyclic amines) is 1. The van der Waals surface area contributed by atoms with Crippen LogP contribution in [-0.2, 0) is 11.0 Å². The number of aromatic nitrogens is 1. The third kappa shape index (κ3) is 4.95. The van der Waals surface area contributed by atoms with E-state index in [1.165, 1.54) is 18.3 Å². The number of nitrogens with one attached hydrogen (secondary N) is 2. The Labute approximate surface area is 149 Å².